The second-order valence-electron chi connectivity index (χ2n) is 5.98. The van der Waals surface area contributed by atoms with Crippen LogP contribution in [0.4, 0.5) is 5.95 Å². The number of nitrogens with zero attached hydrogens (tertiary/aromatic N) is 3. The van der Waals surface area contributed by atoms with Crippen molar-refractivity contribution < 1.29 is 13.0 Å². The Kier molecular flexibility index (Phi) is 8.26. The van der Waals surface area contributed by atoms with E-state index in [-0.39, 0.29) is 0 Å². The number of aromatic nitrogens is 2. The van der Waals surface area contributed by atoms with E-state index in [1.807, 2.05) is 12.1 Å². The molecule has 3 rings (SSSR count). The van der Waals surface area contributed by atoms with Crippen molar-refractivity contribution in [2.24, 2.45) is 0 Å². The maximum absolute atomic E-state index is 9.19. The van der Waals surface area contributed by atoms with Crippen LogP contribution >= 0.6 is 39.1 Å². The van der Waals surface area contributed by atoms with Crippen molar-refractivity contribution in [1.29, 1.82) is 0 Å². The summed E-state index contributed by atoms with van der Waals surface area (Å²) in [6.07, 6.45) is 5.32. The molecule has 27 heavy (non-hydrogen) atoms. The normalized spacial score (nSPS) is 16.8. The number of benzene rings is 1. The van der Waals surface area contributed by atoms with E-state index in [0.717, 1.165) is 42.0 Å². The summed E-state index contributed by atoms with van der Waals surface area (Å²) in [6.45, 7) is 2.58. The van der Waals surface area contributed by atoms with Gasteiger partial charge in [0.2, 0.25) is 5.95 Å². The Labute approximate surface area is 177 Å². The van der Waals surface area contributed by atoms with Crippen LogP contribution in [0.25, 0.3) is 0 Å². The van der Waals surface area contributed by atoms with E-state index >= 15 is 0 Å². The minimum absolute atomic E-state index is 0.402. The fraction of sp³-hybridized carbons (Fsp3) is 0.375. The summed E-state index contributed by atoms with van der Waals surface area (Å²) in [7, 11) is -3.67. The lowest BCUT2D eigenvalue weighted by Gasteiger charge is -2.17. The third-order valence-electron chi connectivity index (χ3n) is 3.67. The first kappa shape index (κ1) is 22.3. The fourth-order valence-electron chi connectivity index (χ4n) is 2.50. The van der Waals surface area contributed by atoms with Crippen LogP contribution in [0.15, 0.2) is 35.1 Å². The van der Waals surface area contributed by atoms with Crippen LogP contribution in [0, 0.1) is 0 Å². The van der Waals surface area contributed by atoms with Crippen molar-refractivity contribution >= 4 is 55.2 Å². The van der Waals surface area contributed by atoms with Crippen LogP contribution < -0.4 is 10.2 Å². The van der Waals surface area contributed by atoms with Gasteiger partial charge in [0.1, 0.15) is 0 Å². The summed E-state index contributed by atoms with van der Waals surface area (Å²) in [5.74, 6) is 0.775. The number of anilines is 1. The van der Waals surface area contributed by atoms with E-state index in [1.54, 1.807) is 18.5 Å². The molecule has 2 heterocycles. The third-order valence-corrected chi connectivity index (χ3v) is 4.67. The number of halogens is 3. The van der Waals surface area contributed by atoms with Crippen molar-refractivity contribution in [1.82, 2.24) is 15.3 Å². The van der Waals surface area contributed by atoms with E-state index in [9.17, 15) is 8.42 Å². The molecule has 0 amide bonds. The molecule has 7 nitrogen and oxygen atoms in total. The van der Waals surface area contributed by atoms with Gasteiger partial charge in [-0.05, 0) is 40.0 Å². The highest BCUT2D eigenvalue weighted by molar-refractivity contribution is 9.10. The minimum atomic E-state index is -3.67. The highest BCUT2D eigenvalue weighted by Gasteiger charge is 2.23. The van der Waals surface area contributed by atoms with Gasteiger partial charge in [-0.1, -0.05) is 29.3 Å². The second kappa shape index (κ2) is 9.99. The van der Waals surface area contributed by atoms with Gasteiger partial charge < -0.3 is 10.2 Å². The Bertz CT molecular complexity index is 860. The first-order valence-electron chi connectivity index (χ1n) is 7.94. The SMILES string of the molecule is CS(=O)(=O)O.Clc1ccc(CN[C@H]2CCN(c3ncc(Br)cn3)C2)c(Cl)c1. The second-order valence-corrected chi connectivity index (χ2v) is 9.21. The van der Waals surface area contributed by atoms with Crippen LogP contribution in [0.1, 0.15) is 12.0 Å². The third kappa shape index (κ3) is 8.28. The van der Waals surface area contributed by atoms with Crippen LogP contribution in [0.2, 0.25) is 10.0 Å². The van der Waals surface area contributed by atoms with E-state index < -0.39 is 10.1 Å². The van der Waals surface area contributed by atoms with E-state index in [1.165, 1.54) is 0 Å². The number of hydrogen-bond acceptors (Lipinski definition) is 6. The smallest absolute Gasteiger partial charge is 0.261 e. The van der Waals surface area contributed by atoms with Gasteiger partial charge in [0.15, 0.2) is 0 Å². The van der Waals surface area contributed by atoms with Crippen molar-refractivity contribution in [2.75, 3.05) is 24.2 Å². The minimum Gasteiger partial charge on any atom is -0.339 e. The lowest BCUT2D eigenvalue weighted by molar-refractivity contribution is 0.490. The zero-order chi connectivity index (χ0) is 20.0. The summed E-state index contributed by atoms with van der Waals surface area (Å²) in [4.78, 5) is 10.9. The molecule has 0 saturated carbocycles. The molecule has 0 aliphatic carbocycles. The Balaban J connectivity index is 0.000000465. The van der Waals surface area contributed by atoms with Crippen molar-refractivity contribution in [3.8, 4) is 0 Å². The van der Waals surface area contributed by atoms with Gasteiger partial charge >= 0.3 is 0 Å². The molecule has 2 aromatic rings. The summed E-state index contributed by atoms with van der Waals surface area (Å²) < 4.78 is 26.8. The molecule has 0 spiro atoms. The van der Waals surface area contributed by atoms with Crippen molar-refractivity contribution in [2.45, 2.75) is 19.0 Å². The molecule has 1 saturated heterocycles. The molecule has 1 aromatic heterocycles. The molecule has 0 unspecified atom stereocenters. The van der Waals surface area contributed by atoms with Crippen LogP contribution in [0.3, 0.4) is 0 Å². The van der Waals surface area contributed by atoms with Gasteiger partial charge in [-0.2, -0.15) is 8.42 Å². The summed E-state index contributed by atoms with van der Waals surface area (Å²) in [5, 5.41) is 4.90. The van der Waals surface area contributed by atoms with Gasteiger partial charge in [0.25, 0.3) is 10.1 Å². The first-order valence-corrected chi connectivity index (χ1v) is 11.3. The number of hydrogen-bond donors (Lipinski definition) is 2. The lowest BCUT2D eigenvalue weighted by Crippen LogP contribution is -2.32. The zero-order valence-corrected chi connectivity index (χ0v) is 18.4. The molecular weight excluding hydrogens is 479 g/mol. The Morgan fingerprint density at radius 2 is 1.96 bits per heavy atom. The molecule has 2 N–H and O–H groups in total. The topological polar surface area (TPSA) is 95.4 Å². The van der Waals surface area contributed by atoms with Gasteiger partial charge in [0.05, 0.1) is 10.7 Å². The largest absolute Gasteiger partial charge is 0.339 e. The number of rotatable bonds is 4. The van der Waals surface area contributed by atoms with E-state index in [2.05, 4.69) is 36.1 Å². The van der Waals surface area contributed by atoms with Crippen molar-refractivity contribution in [3.05, 3.63) is 50.7 Å². The molecule has 1 fully saturated rings. The maximum Gasteiger partial charge on any atom is 0.261 e. The monoisotopic (exact) mass is 496 g/mol. The quantitative estimate of drug-likeness (QED) is 0.624. The van der Waals surface area contributed by atoms with Crippen LogP contribution in [-0.4, -0.2) is 48.3 Å². The molecule has 1 aliphatic heterocycles. The van der Waals surface area contributed by atoms with E-state index in [4.69, 9.17) is 27.8 Å². The Morgan fingerprint density at radius 3 is 2.56 bits per heavy atom. The molecule has 0 radical (unpaired) electrons. The fourth-order valence-corrected chi connectivity index (χ4v) is 3.18. The molecule has 0 bridgehead atoms. The van der Waals surface area contributed by atoms with E-state index in [0.29, 0.717) is 22.3 Å². The molecule has 11 heteroatoms. The summed E-state index contributed by atoms with van der Waals surface area (Å²) in [6, 6.07) is 6.00. The summed E-state index contributed by atoms with van der Waals surface area (Å²) in [5.41, 5.74) is 1.06. The maximum atomic E-state index is 9.19. The van der Waals surface area contributed by atoms with Gasteiger partial charge in [0, 0.05) is 48.1 Å². The zero-order valence-electron chi connectivity index (χ0n) is 14.4. The average Bonchev–Trinajstić information content (AvgIpc) is 3.02. The predicted octanol–water partition coefficient (Wildman–Crippen LogP) is 3.42. The Morgan fingerprint density at radius 1 is 1.33 bits per heavy atom. The molecule has 1 aromatic carbocycles. The first-order chi connectivity index (χ1) is 12.6. The van der Waals surface area contributed by atoms with Gasteiger partial charge in [-0.25, -0.2) is 9.97 Å². The van der Waals surface area contributed by atoms with Gasteiger partial charge in [-0.3, -0.25) is 4.55 Å². The molecule has 148 valence electrons. The number of nitrogens with one attached hydrogen (secondary N) is 1. The summed E-state index contributed by atoms with van der Waals surface area (Å²) >= 11 is 15.5. The molecule has 1 atom stereocenters. The standard InChI is InChI=1S/C15H15BrCl2N4.CH4O3S/c16-11-7-20-15(21-8-11)22-4-3-13(9-22)19-6-10-1-2-12(17)5-14(10)18;1-5(2,3)4/h1-2,5,7-8,13,19H,3-4,6,9H2;1H3,(H,2,3,4)/t13-;/m0./s1. The predicted molar refractivity (Wildman–Crippen MR) is 111 cm³/mol. The highest BCUT2D eigenvalue weighted by atomic mass is 79.9. The van der Waals surface area contributed by atoms with Crippen LogP contribution in [-0.2, 0) is 16.7 Å². The Hall–Kier alpha value is -0.970. The molecular formula is C16H19BrCl2N4O3S. The lowest BCUT2D eigenvalue weighted by atomic mass is 10.2. The molecule has 1 aliphatic rings. The highest BCUT2D eigenvalue weighted by Crippen LogP contribution is 2.22. The van der Waals surface area contributed by atoms with Crippen molar-refractivity contribution in [3.63, 3.8) is 0 Å². The average molecular weight is 498 g/mol. The van der Waals surface area contributed by atoms with Crippen LogP contribution in [0.5, 0.6) is 0 Å². The van der Waals surface area contributed by atoms with Gasteiger partial charge in [-0.15, -0.1) is 0 Å².